The Morgan fingerprint density at radius 3 is 2.71 bits per heavy atom. The van der Waals surface area contributed by atoms with Gasteiger partial charge in [0.1, 0.15) is 18.6 Å². The average Bonchev–Trinajstić information content (AvgIpc) is 2.52. The summed E-state index contributed by atoms with van der Waals surface area (Å²) in [5.74, 6) is 0.736. The molecule has 21 heavy (non-hydrogen) atoms. The number of rotatable bonds is 6. The number of benzene rings is 2. The molecule has 0 radical (unpaired) electrons. The summed E-state index contributed by atoms with van der Waals surface area (Å²) in [5.41, 5.74) is 0.949. The fourth-order valence-electron chi connectivity index (χ4n) is 1.79. The Morgan fingerprint density at radius 2 is 2.05 bits per heavy atom. The predicted octanol–water partition coefficient (Wildman–Crippen LogP) is 2.99. The summed E-state index contributed by atoms with van der Waals surface area (Å²) < 4.78 is 10.6. The number of hydrogen-bond donors (Lipinski definition) is 0. The lowest BCUT2D eigenvalue weighted by Crippen LogP contribution is -2.00. The number of carbonyl (C=O) groups is 1. The normalized spacial score (nSPS) is 9.95. The fourth-order valence-corrected chi connectivity index (χ4v) is 1.79. The molecule has 108 valence electrons. The smallest absolute Gasteiger partial charge is 0.310 e. The van der Waals surface area contributed by atoms with Crippen molar-refractivity contribution in [2.45, 2.75) is 6.61 Å². The largest absolute Gasteiger partial charge is 0.497 e. The monoisotopic (exact) mass is 287 g/mol. The maximum atomic E-state index is 11.0. The van der Waals surface area contributed by atoms with E-state index in [9.17, 15) is 14.9 Å². The standard InChI is InChI=1S/C15H13NO5/c1-20-13-4-2-3-12(7-13)10-21-15-8-11(9-17)5-6-14(15)16(18)19/h2-9H,10H2,1H3. The van der Waals surface area contributed by atoms with E-state index < -0.39 is 4.92 Å². The first-order chi connectivity index (χ1) is 10.1. The van der Waals surface area contributed by atoms with E-state index in [4.69, 9.17) is 9.47 Å². The first-order valence-corrected chi connectivity index (χ1v) is 6.13. The van der Waals surface area contributed by atoms with Gasteiger partial charge in [0.15, 0.2) is 5.75 Å². The maximum Gasteiger partial charge on any atom is 0.310 e. The van der Waals surface area contributed by atoms with Crippen molar-refractivity contribution in [3.05, 3.63) is 63.7 Å². The van der Waals surface area contributed by atoms with E-state index in [-0.39, 0.29) is 18.0 Å². The molecular formula is C15H13NO5. The number of hydrogen-bond acceptors (Lipinski definition) is 5. The van der Waals surface area contributed by atoms with Gasteiger partial charge in [-0.1, -0.05) is 12.1 Å². The molecule has 0 heterocycles. The fraction of sp³-hybridized carbons (Fsp3) is 0.133. The SMILES string of the molecule is COc1cccc(COc2cc(C=O)ccc2[N+](=O)[O-])c1. The van der Waals surface area contributed by atoms with Gasteiger partial charge in [-0.3, -0.25) is 14.9 Å². The summed E-state index contributed by atoms with van der Waals surface area (Å²) in [6, 6.07) is 11.2. The molecule has 0 saturated carbocycles. The van der Waals surface area contributed by atoms with Crippen molar-refractivity contribution in [2.75, 3.05) is 7.11 Å². The molecule has 0 unspecified atom stereocenters. The minimum absolute atomic E-state index is 0.0624. The van der Waals surface area contributed by atoms with Gasteiger partial charge < -0.3 is 9.47 Å². The highest BCUT2D eigenvalue weighted by molar-refractivity contribution is 5.76. The molecule has 0 bridgehead atoms. The molecular weight excluding hydrogens is 274 g/mol. The molecule has 0 N–H and O–H groups in total. The molecule has 0 aromatic heterocycles. The van der Waals surface area contributed by atoms with E-state index in [1.807, 2.05) is 6.07 Å². The van der Waals surface area contributed by atoms with Crippen LogP contribution in [-0.2, 0) is 6.61 Å². The van der Waals surface area contributed by atoms with Crippen LogP contribution in [0.2, 0.25) is 0 Å². The molecule has 2 aromatic carbocycles. The van der Waals surface area contributed by atoms with Crippen LogP contribution in [0.1, 0.15) is 15.9 Å². The zero-order valence-corrected chi connectivity index (χ0v) is 11.3. The summed E-state index contributed by atoms with van der Waals surface area (Å²) in [7, 11) is 1.55. The number of nitro benzene ring substituents is 1. The number of aldehydes is 1. The van der Waals surface area contributed by atoms with Gasteiger partial charge in [0, 0.05) is 11.6 Å². The molecule has 0 saturated heterocycles. The maximum absolute atomic E-state index is 11.0. The molecule has 0 spiro atoms. The van der Waals surface area contributed by atoms with E-state index in [0.717, 1.165) is 5.56 Å². The number of ether oxygens (including phenoxy) is 2. The summed E-state index contributed by atoms with van der Waals surface area (Å²) >= 11 is 0. The van der Waals surface area contributed by atoms with E-state index >= 15 is 0 Å². The van der Waals surface area contributed by atoms with E-state index in [2.05, 4.69) is 0 Å². The van der Waals surface area contributed by atoms with Crippen molar-refractivity contribution in [2.24, 2.45) is 0 Å². The van der Waals surface area contributed by atoms with Gasteiger partial charge in [-0.05, 0) is 29.8 Å². The van der Waals surface area contributed by atoms with Crippen molar-refractivity contribution in [1.29, 1.82) is 0 Å². The highest BCUT2D eigenvalue weighted by Gasteiger charge is 2.15. The van der Waals surface area contributed by atoms with E-state index in [1.54, 1.807) is 25.3 Å². The molecule has 0 atom stereocenters. The van der Waals surface area contributed by atoms with Crippen LogP contribution >= 0.6 is 0 Å². The Kier molecular flexibility index (Phi) is 4.50. The summed E-state index contributed by atoms with van der Waals surface area (Å²) in [5, 5.41) is 11.0. The molecule has 6 nitrogen and oxygen atoms in total. The van der Waals surface area contributed by atoms with Crippen LogP contribution < -0.4 is 9.47 Å². The minimum Gasteiger partial charge on any atom is -0.497 e. The van der Waals surface area contributed by atoms with E-state index in [1.165, 1.54) is 18.2 Å². The Hall–Kier alpha value is -2.89. The van der Waals surface area contributed by atoms with Crippen molar-refractivity contribution in [3.63, 3.8) is 0 Å². The number of carbonyl (C=O) groups excluding carboxylic acids is 1. The van der Waals surface area contributed by atoms with Gasteiger partial charge in [-0.2, -0.15) is 0 Å². The van der Waals surface area contributed by atoms with Crippen molar-refractivity contribution in [1.82, 2.24) is 0 Å². The van der Waals surface area contributed by atoms with Crippen molar-refractivity contribution >= 4 is 12.0 Å². The minimum atomic E-state index is -0.546. The highest BCUT2D eigenvalue weighted by atomic mass is 16.6. The summed E-state index contributed by atoms with van der Waals surface area (Å²) in [4.78, 5) is 21.2. The average molecular weight is 287 g/mol. The molecule has 0 aliphatic heterocycles. The zero-order valence-electron chi connectivity index (χ0n) is 11.3. The van der Waals surface area contributed by atoms with Gasteiger partial charge in [-0.15, -0.1) is 0 Å². The van der Waals surface area contributed by atoms with Gasteiger partial charge in [0.05, 0.1) is 12.0 Å². The lowest BCUT2D eigenvalue weighted by Gasteiger charge is -2.08. The number of nitrogens with zero attached hydrogens (tertiary/aromatic N) is 1. The van der Waals surface area contributed by atoms with Gasteiger partial charge in [0.2, 0.25) is 0 Å². The first-order valence-electron chi connectivity index (χ1n) is 6.13. The zero-order chi connectivity index (χ0) is 15.2. The van der Waals surface area contributed by atoms with Crippen LogP contribution in [0.15, 0.2) is 42.5 Å². The van der Waals surface area contributed by atoms with Gasteiger partial charge in [-0.25, -0.2) is 0 Å². The van der Waals surface area contributed by atoms with Crippen LogP contribution in [0.4, 0.5) is 5.69 Å². The van der Waals surface area contributed by atoms with Crippen molar-refractivity contribution < 1.29 is 19.2 Å². The third-order valence-corrected chi connectivity index (χ3v) is 2.85. The molecule has 2 rings (SSSR count). The molecule has 0 aliphatic carbocycles. The Balaban J connectivity index is 2.21. The second-order valence-corrected chi connectivity index (χ2v) is 4.24. The second-order valence-electron chi connectivity index (χ2n) is 4.24. The van der Waals surface area contributed by atoms with Crippen LogP contribution in [0.5, 0.6) is 11.5 Å². The lowest BCUT2D eigenvalue weighted by atomic mass is 10.2. The van der Waals surface area contributed by atoms with Crippen LogP contribution in [-0.4, -0.2) is 18.3 Å². The quantitative estimate of drug-likeness (QED) is 0.463. The predicted molar refractivity (Wildman–Crippen MR) is 75.8 cm³/mol. The lowest BCUT2D eigenvalue weighted by molar-refractivity contribution is -0.385. The van der Waals surface area contributed by atoms with Crippen molar-refractivity contribution in [3.8, 4) is 11.5 Å². The number of nitro groups is 1. The molecule has 0 amide bonds. The Morgan fingerprint density at radius 1 is 1.24 bits per heavy atom. The molecule has 0 aliphatic rings. The van der Waals surface area contributed by atoms with Gasteiger partial charge >= 0.3 is 5.69 Å². The highest BCUT2D eigenvalue weighted by Crippen LogP contribution is 2.28. The summed E-state index contributed by atoms with van der Waals surface area (Å²) in [6.07, 6.45) is 0.613. The Bertz CT molecular complexity index is 669. The topological polar surface area (TPSA) is 78.7 Å². The third kappa shape index (κ3) is 3.56. The van der Waals surface area contributed by atoms with Crippen LogP contribution in [0, 0.1) is 10.1 Å². The van der Waals surface area contributed by atoms with Crippen LogP contribution in [0.3, 0.4) is 0 Å². The molecule has 0 fully saturated rings. The van der Waals surface area contributed by atoms with E-state index in [0.29, 0.717) is 17.6 Å². The van der Waals surface area contributed by atoms with Crippen LogP contribution in [0.25, 0.3) is 0 Å². The molecule has 2 aromatic rings. The molecule has 6 heteroatoms. The summed E-state index contributed by atoms with van der Waals surface area (Å²) in [6.45, 7) is 0.139. The third-order valence-electron chi connectivity index (χ3n) is 2.85. The number of methoxy groups -OCH3 is 1. The first kappa shape index (κ1) is 14.5. The Labute approximate surface area is 121 Å². The van der Waals surface area contributed by atoms with Gasteiger partial charge in [0.25, 0.3) is 0 Å². The second kappa shape index (κ2) is 6.51.